The van der Waals surface area contributed by atoms with Crippen molar-refractivity contribution in [2.75, 3.05) is 13.7 Å². The summed E-state index contributed by atoms with van der Waals surface area (Å²) >= 11 is 0. The van der Waals surface area contributed by atoms with Crippen molar-refractivity contribution < 1.29 is 9.47 Å². The van der Waals surface area contributed by atoms with E-state index in [1.807, 2.05) is 36.4 Å². The number of nitrogens with zero attached hydrogens (tertiary/aromatic N) is 1. The number of hydrazone groups is 1. The van der Waals surface area contributed by atoms with Crippen LogP contribution in [0.4, 0.5) is 0 Å². The van der Waals surface area contributed by atoms with Crippen LogP contribution in [-0.2, 0) is 6.42 Å². The molecule has 3 aromatic carbocycles. The van der Waals surface area contributed by atoms with Crippen LogP contribution in [0.1, 0.15) is 17.5 Å². The Morgan fingerprint density at radius 2 is 1.76 bits per heavy atom. The van der Waals surface area contributed by atoms with Gasteiger partial charge in [-0.2, -0.15) is 5.10 Å². The largest absolute Gasteiger partial charge is 0.492 e. The molecule has 0 heterocycles. The number of nitrogens with two attached hydrogens (primary N) is 1. The molecule has 128 valence electrons. The molecule has 0 aromatic heterocycles. The van der Waals surface area contributed by atoms with E-state index in [2.05, 4.69) is 29.4 Å². The third-order valence-electron chi connectivity index (χ3n) is 4.10. The maximum absolute atomic E-state index is 6.12. The van der Waals surface area contributed by atoms with Gasteiger partial charge in [0.2, 0.25) is 0 Å². The van der Waals surface area contributed by atoms with E-state index < -0.39 is 0 Å². The van der Waals surface area contributed by atoms with Crippen LogP contribution in [0, 0.1) is 0 Å². The predicted molar refractivity (Wildman–Crippen MR) is 103 cm³/mol. The van der Waals surface area contributed by atoms with Gasteiger partial charge in [-0.15, -0.1) is 0 Å². The van der Waals surface area contributed by atoms with E-state index in [9.17, 15) is 0 Å². The molecule has 25 heavy (non-hydrogen) atoms. The van der Waals surface area contributed by atoms with Gasteiger partial charge in [0.05, 0.1) is 19.9 Å². The fourth-order valence-corrected chi connectivity index (χ4v) is 2.94. The number of ether oxygens (including phenoxy) is 2. The Kier molecular flexibility index (Phi) is 5.52. The van der Waals surface area contributed by atoms with Crippen LogP contribution in [-0.4, -0.2) is 19.9 Å². The smallest absolute Gasteiger partial charge is 0.170 e. The SMILES string of the molecule is COc1c(/C=N/N)cc2ccccc2c1OCCCc1ccccc1. The maximum atomic E-state index is 6.12. The third kappa shape index (κ3) is 3.91. The molecule has 3 rings (SSSR count). The molecule has 0 bridgehead atoms. The van der Waals surface area contributed by atoms with Crippen LogP contribution < -0.4 is 15.3 Å². The van der Waals surface area contributed by atoms with Crippen molar-refractivity contribution >= 4 is 17.0 Å². The van der Waals surface area contributed by atoms with Crippen LogP contribution in [0.25, 0.3) is 10.8 Å². The summed E-state index contributed by atoms with van der Waals surface area (Å²) in [6, 6.07) is 20.5. The number of aryl methyl sites for hydroxylation is 1. The van der Waals surface area contributed by atoms with Crippen LogP contribution in [0.2, 0.25) is 0 Å². The molecule has 4 heteroatoms. The van der Waals surface area contributed by atoms with Crippen molar-refractivity contribution in [3.63, 3.8) is 0 Å². The third-order valence-corrected chi connectivity index (χ3v) is 4.10. The Labute approximate surface area is 147 Å². The molecule has 0 unspecified atom stereocenters. The van der Waals surface area contributed by atoms with Gasteiger partial charge >= 0.3 is 0 Å². The normalized spacial score (nSPS) is 11.1. The molecule has 2 N–H and O–H groups in total. The van der Waals surface area contributed by atoms with E-state index in [1.54, 1.807) is 13.3 Å². The topological polar surface area (TPSA) is 56.8 Å². The fourth-order valence-electron chi connectivity index (χ4n) is 2.94. The molecule has 4 nitrogen and oxygen atoms in total. The number of rotatable bonds is 7. The Morgan fingerprint density at radius 3 is 2.52 bits per heavy atom. The number of methoxy groups -OCH3 is 1. The van der Waals surface area contributed by atoms with E-state index in [-0.39, 0.29) is 0 Å². The highest BCUT2D eigenvalue weighted by Crippen LogP contribution is 2.38. The lowest BCUT2D eigenvalue weighted by atomic mass is 10.0. The van der Waals surface area contributed by atoms with Crippen molar-refractivity contribution in [3.05, 3.63) is 71.8 Å². The van der Waals surface area contributed by atoms with Crippen LogP contribution in [0.5, 0.6) is 11.5 Å². The lowest BCUT2D eigenvalue weighted by molar-refractivity contribution is 0.293. The Morgan fingerprint density at radius 1 is 1.00 bits per heavy atom. The summed E-state index contributed by atoms with van der Waals surface area (Å²) in [6.45, 7) is 0.610. The number of benzene rings is 3. The molecule has 0 aliphatic heterocycles. The first-order valence-electron chi connectivity index (χ1n) is 8.33. The molecule has 0 amide bonds. The summed E-state index contributed by atoms with van der Waals surface area (Å²) in [7, 11) is 1.63. The van der Waals surface area contributed by atoms with E-state index in [4.69, 9.17) is 15.3 Å². The minimum atomic E-state index is 0.610. The van der Waals surface area contributed by atoms with Crippen LogP contribution in [0.3, 0.4) is 0 Å². The van der Waals surface area contributed by atoms with Crippen molar-refractivity contribution in [3.8, 4) is 11.5 Å². The molecule has 0 aliphatic rings. The highest BCUT2D eigenvalue weighted by molar-refractivity contribution is 5.98. The lowest BCUT2D eigenvalue weighted by Crippen LogP contribution is -2.04. The molecule has 0 radical (unpaired) electrons. The van der Waals surface area contributed by atoms with Gasteiger partial charge in [-0.1, -0.05) is 54.6 Å². The van der Waals surface area contributed by atoms with E-state index in [0.29, 0.717) is 12.4 Å². The predicted octanol–water partition coefficient (Wildman–Crippen LogP) is 4.15. The molecular formula is C21H22N2O2. The fraction of sp³-hybridized carbons (Fsp3) is 0.190. The van der Waals surface area contributed by atoms with Gasteiger partial charge in [0.1, 0.15) is 0 Å². The number of hydrogen-bond acceptors (Lipinski definition) is 4. The molecular weight excluding hydrogens is 312 g/mol. The Hall–Kier alpha value is -3.01. The van der Waals surface area contributed by atoms with Gasteiger partial charge in [0, 0.05) is 10.9 Å². The first-order valence-corrected chi connectivity index (χ1v) is 8.33. The van der Waals surface area contributed by atoms with Gasteiger partial charge < -0.3 is 15.3 Å². The quantitative estimate of drug-likeness (QED) is 0.306. The average Bonchev–Trinajstić information content (AvgIpc) is 2.66. The summed E-state index contributed by atoms with van der Waals surface area (Å²) in [5.74, 6) is 6.74. The van der Waals surface area contributed by atoms with Crippen molar-refractivity contribution in [2.24, 2.45) is 10.9 Å². The van der Waals surface area contributed by atoms with Crippen molar-refractivity contribution in [1.29, 1.82) is 0 Å². The highest BCUT2D eigenvalue weighted by atomic mass is 16.5. The second-order valence-corrected chi connectivity index (χ2v) is 5.77. The average molecular weight is 334 g/mol. The molecule has 0 aliphatic carbocycles. The summed E-state index contributed by atoms with van der Waals surface area (Å²) in [5, 5.41) is 5.73. The molecule has 3 aromatic rings. The molecule has 0 saturated heterocycles. The highest BCUT2D eigenvalue weighted by Gasteiger charge is 2.14. The molecule has 0 spiro atoms. The van der Waals surface area contributed by atoms with Crippen LogP contribution in [0.15, 0.2) is 65.8 Å². The molecule has 0 atom stereocenters. The minimum Gasteiger partial charge on any atom is -0.492 e. The van der Waals surface area contributed by atoms with Gasteiger partial charge in [0.15, 0.2) is 11.5 Å². The summed E-state index contributed by atoms with van der Waals surface area (Å²) < 4.78 is 11.7. The lowest BCUT2D eigenvalue weighted by Gasteiger charge is -2.16. The van der Waals surface area contributed by atoms with Crippen molar-refractivity contribution in [1.82, 2.24) is 0 Å². The van der Waals surface area contributed by atoms with Gasteiger partial charge in [-0.25, -0.2) is 0 Å². The zero-order valence-electron chi connectivity index (χ0n) is 14.3. The second-order valence-electron chi connectivity index (χ2n) is 5.77. The Bertz CT molecular complexity index is 860. The Balaban J connectivity index is 1.83. The van der Waals surface area contributed by atoms with E-state index in [1.165, 1.54) is 5.56 Å². The number of hydrogen-bond donors (Lipinski definition) is 1. The first kappa shape index (κ1) is 16.8. The summed E-state index contributed by atoms with van der Waals surface area (Å²) in [6.07, 6.45) is 3.49. The summed E-state index contributed by atoms with van der Waals surface area (Å²) in [5.41, 5.74) is 2.12. The second kappa shape index (κ2) is 8.20. The molecule has 0 fully saturated rings. The van der Waals surface area contributed by atoms with E-state index >= 15 is 0 Å². The minimum absolute atomic E-state index is 0.610. The molecule has 0 saturated carbocycles. The van der Waals surface area contributed by atoms with E-state index in [0.717, 1.165) is 34.9 Å². The first-order chi connectivity index (χ1) is 12.3. The summed E-state index contributed by atoms with van der Waals surface area (Å²) in [4.78, 5) is 0. The standard InChI is InChI=1S/C21H22N2O2/c1-24-20-18(15-23-22)14-17-11-5-6-12-19(17)21(20)25-13-7-10-16-8-3-2-4-9-16/h2-6,8-9,11-12,14-15H,7,10,13,22H2,1H3/b23-15+. The monoisotopic (exact) mass is 334 g/mol. The van der Waals surface area contributed by atoms with Gasteiger partial charge in [-0.3, -0.25) is 0 Å². The van der Waals surface area contributed by atoms with Gasteiger partial charge in [0.25, 0.3) is 0 Å². The van der Waals surface area contributed by atoms with Crippen molar-refractivity contribution in [2.45, 2.75) is 12.8 Å². The number of fused-ring (bicyclic) bond motifs is 1. The zero-order valence-corrected chi connectivity index (χ0v) is 14.3. The van der Waals surface area contributed by atoms with Gasteiger partial charge in [-0.05, 0) is 29.9 Å². The zero-order chi connectivity index (χ0) is 17.5. The maximum Gasteiger partial charge on any atom is 0.170 e. The van der Waals surface area contributed by atoms with Crippen LogP contribution >= 0.6 is 0 Å².